The Hall–Kier alpha value is -6.53. The molecule has 218 valence electrons. The Morgan fingerprint density at radius 2 is 1.11 bits per heavy atom. The molecule has 0 radical (unpaired) electrons. The first kappa shape index (κ1) is 24.8. The van der Waals surface area contributed by atoms with Gasteiger partial charge in [0.25, 0.3) is 0 Å². The van der Waals surface area contributed by atoms with Gasteiger partial charge >= 0.3 is 0 Å². The van der Waals surface area contributed by atoms with Crippen molar-refractivity contribution < 1.29 is 0 Å². The van der Waals surface area contributed by atoms with Crippen LogP contribution in [-0.2, 0) is 0 Å². The summed E-state index contributed by atoms with van der Waals surface area (Å²) < 4.78 is 7.03. The summed E-state index contributed by atoms with van der Waals surface area (Å²) in [6, 6.07) is 45.4. The van der Waals surface area contributed by atoms with Crippen LogP contribution in [0.2, 0.25) is 0 Å². The van der Waals surface area contributed by atoms with E-state index in [1.807, 2.05) is 30.7 Å². The molecule has 0 unspecified atom stereocenters. The fourth-order valence-corrected chi connectivity index (χ4v) is 7.89. The van der Waals surface area contributed by atoms with Crippen LogP contribution in [0.4, 0.5) is 0 Å². The molecule has 0 N–H and O–H groups in total. The van der Waals surface area contributed by atoms with Crippen LogP contribution in [0.25, 0.3) is 93.5 Å². The molecule has 6 nitrogen and oxygen atoms in total. The Morgan fingerprint density at radius 3 is 1.94 bits per heavy atom. The van der Waals surface area contributed by atoms with Gasteiger partial charge in [-0.2, -0.15) is 0 Å². The Labute approximate surface area is 267 Å². The van der Waals surface area contributed by atoms with Gasteiger partial charge in [-0.25, -0.2) is 9.97 Å². The topological polar surface area (TPSA) is 52.9 Å². The average molecular weight is 601 g/mol. The molecule has 0 aliphatic carbocycles. The number of fused-ring (bicyclic) bond motifs is 16. The quantitative estimate of drug-likeness (QED) is 0.186. The zero-order valence-corrected chi connectivity index (χ0v) is 25.0. The highest BCUT2D eigenvalue weighted by molar-refractivity contribution is 6.32. The van der Waals surface area contributed by atoms with E-state index in [0.717, 1.165) is 55.4 Å². The molecule has 0 amide bonds. The summed E-state index contributed by atoms with van der Waals surface area (Å²) in [4.78, 5) is 14.5. The van der Waals surface area contributed by atoms with Crippen LogP contribution in [0.5, 0.6) is 0 Å². The largest absolute Gasteiger partial charge is 0.309 e. The maximum atomic E-state index is 5.14. The van der Waals surface area contributed by atoms with Crippen molar-refractivity contribution in [2.75, 3.05) is 0 Å². The van der Waals surface area contributed by atoms with Crippen molar-refractivity contribution >= 4 is 82.1 Å². The lowest BCUT2D eigenvalue weighted by Gasteiger charge is -2.13. The maximum absolute atomic E-state index is 5.14. The fraction of sp³-hybridized carbons (Fsp3) is 0. The Morgan fingerprint density at radius 1 is 0.426 bits per heavy atom. The number of hydrogen-bond acceptors (Lipinski definition) is 3. The van der Waals surface area contributed by atoms with E-state index in [0.29, 0.717) is 0 Å². The molecule has 11 rings (SSSR count). The van der Waals surface area contributed by atoms with Crippen LogP contribution in [-0.4, -0.2) is 28.5 Å². The monoisotopic (exact) mass is 600 g/mol. The summed E-state index contributed by atoms with van der Waals surface area (Å²) >= 11 is 0. The molecular formula is C41H24N6. The lowest BCUT2D eigenvalue weighted by Crippen LogP contribution is -1.98. The Balaban J connectivity index is 1.44. The zero-order valence-electron chi connectivity index (χ0n) is 25.0. The number of nitrogens with zero attached hydrogens (tertiary/aromatic N) is 6. The minimum atomic E-state index is 0.835. The molecular weight excluding hydrogens is 576 g/mol. The molecule has 0 atom stereocenters. The molecule has 47 heavy (non-hydrogen) atoms. The van der Waals surface area contributed by atoms with Crippen molar-refractivity contribution in [3.8, 4) is 11.4 Å². The van der Waals surface area contributed by atoms with E-state index in [-0.39, 0.29) is 0 Å². The van der Waals surface area contributed by atoms with Crippen LogP contribution in [0.1, 0.15) is 0 Å². The summed E-state index contributed by atoms with van der Waals surface area (Å²) in [5.74, 6) is 0. The van der Waals surface area contributed by atoms with Crippen LogP contribution < -0.4 is 0 Å². The molecule has 6 heteroatoms. The van der Waals surface area contributed by atoms with Crippen LogP contribution in [0, 0.1) is 0 Å². The third-order valence-electron chi connectivity index (χ3n) is 9.72. The lowest BCUT2D eigenvalue weighted by molar-refractivity contribution is 1.18. The standard InChI is InChI=1S/C41H24N6/c1-3-10-25(11-4-1)45-33-16-8-7-14-29(33)37-34(45)20-19-28-27-17-18-31-36(38(27)46(39(28)37)26-12-5-2-6-13-26)30-21-23-42-24-35(30)47-40(31)44-32-15-9-22-43-41(32)47/h1-24H. The van der Waals surface area contributed by atoms with Gasteiger partial charge in [0.15, 0.2) is 5.65 Å². The first-order valence-corrected chi connectivity index (χ1v) is 15.8. The van der Waals surface area contributed by atoms with Gasteiger partial charge in [0.05, 0.1) is 33.8 Å². The van der Waals surface area contributed by atoms with E-state index in [1.165, 1.54) is 38.1 Å². The van der Waals surface area contributed by atoms with E-state index in [2.05, 4.69) is 134 Å². The Bertz CT molecular complexity index is 3060. The SMILES string of the molecule is c1ccc(-n2c3ccccc3c3c2ccc2c4ccc5c(c6ccncc6n6c7ncccc7nc56)c4n(-c4ccccc4)c23)cc1. The molecule has 0 fully saturated rings. The van der Waals surface area contributed by atoms with Crippen molar-refractivity contribution in [2.45, 2.75) is 0 Å². The second kappa shape index (κ2) is 9.02. The first-order chi connectivity index (χ1) is 23.4. The molecule has 0 bridgehead atoms. The predicted octanol–water partition coefficient (Wildman–Crippen LogP) is 9.78. The molecule has 5 aromatic carbocycles. The normalized spacial score (nSPS) is 12.3. The van der Waals surface area contributed by atoms with E-state index >= 15 is 0 Å². The molecule has 6 heterocycles. The van der Waals surface area contributed by atoms with Crippen molar-refractivity contribution in [2.24, 2.45) is 0 Å². The first-order valence-electron chi connectivity index (χ1n) is 15.8. The fourth-order valence-electron chi connectivity index (χ4n) is 7.89. The summed E-state index contributed by atoms with van der Waals surface area (Å²) in [5.41, 5.74) is 10.5. The zero-order chi connectivity index (χ0) is 30.6. The highest BCUT2D eigenvalue weighted by Gasteiger charge is 2.24. The van der Waals surface area contributed by atoms with E-state index in [9.17, 15) is 0 Å². The predicted molar refractivity (Wildman–Crippen MR) is 192 cm³/mol. The van der Waals surface area contributed by atoms with Gasteiger partial charge in [-0.3, -0.25) is 9.38 Å². The van der Waals surface area contributed by atoms with Crippen LogP contribution >= 0.6 is 0 Å². The number of para-hydroxylation sites is 3. The molecule has 11 aromatic rings. The lowest BCUT2D eigenvalue weighted by atomic mass is 10.0. The summed E-state index contributed by atoms with van der Waals surface area (Å²) in [5, 5.41) is 8.22. The number of aromatic nitrogens is 6. The van der Waals surface area contributed by atoms with Gasteiger partial charge in [-0.15, -0.1) is 0 Å². The number of rotatable bonds is 2. The minimum absolute atomic E-state index is 0.835. The number of imidazole rings is 1. The Kier molecular flexibility index (Phi) is 4.75. The molecule has 0 saturated carbocycles. The van der Waals surface area contributed by atoms with Crippen molar-refractivity contribution in [1.82, 2.24) is 28.5 Å². The molecule has 6 aromatic heterocycles. The van der Waals surface area contributed by atoms with Gasteiger partial charge < -0.3 is 9.13 Å². The third kappa shape index (κ3) is 3.16. The second-order valence-electron chi connectivity index (χ2n) is 12.1. The molecule has 0 aliphatic heterocycles. The van der Waals surface area contributed by atoms with Gasteiger partial charge in [0.2, 0.25) is 0 Å². The summed E-state index contributed by atoms with van der Waals surface area (Å²) in [7, 11) is 0. The van der Waals surface area contributed by atoms with Crippen molar-refractivity contribution in [3.63, 3.8) is 0 Å². The number of hydrogen-bond donors (Lipinski definition) is 0. The van der Waals surface area contributed by atoms with Gasteiger partial charge in [-0.05, 0) is 60.7 Å². The van der Waals surface area contributed by atoms with Crippen molar-refractivity contribution in [3.05, 3.63) is 146 Å². The molecule has 0 saturated heterocycles. The van der Waals surface area contributed by atoms with Crippen molar-refractivity contribution in [1.29, 1.82) is 0 Å². The van der Waals surface area contributed by atoms with E-state index in [4.69, 9.17) is 9.97 Å². The van der Waals surface area contributed by atoms with Crippen LogP contribution in [0.3, 0.4) is 0 Å². The summed E-state index contributed by atoms with van der Waals surface area (Å²) in [6.45, 7) is 0. The highest BCUT2D eigenvalue weighted by Crippen LogP contribution is 2.45. The van der Waals surface area contributed by atoms with Gasteiger partial charge in [0, 0.05) is 61.5 Å². The number of benzene rings is 5. The molecule has 0 spiro atoms. The third-order valence-corrected chi connectivity index (χ3v) is 9.72. The minimum Gasteiger partial charge on any atom is -0.309 e. The van der Waals surface area contributed by atoms with E-state index < -0.39 is 0 Å². The average Bonchev–Trinajstić information content (AvgIpc) is 3.80. The summed E-state index contributed by atoms with van der Waals surface area (Å²) in [6.07, 6.45) is 5.66. The van der Waals surface area contributed by atoms with E-state index in [1.54, 1.807) is 0 Å². The molecule has 0 aliphatic rings. The van der Waals surface area contributed by atoms with Crippen LogP contribution in [0.15, 0.2) is 146 Å². The highest BCUT2D eigenvalue weighted by atomic mass is 15.1. The second-order valence-corrected chi connectivity index (χ2v) is 12.1. The van der Waals surface area contributed by atoms with Gasteiger partial charge in [0.1, 0.15) is 11.2 Å². The number of pyridine rings is 3. The van der Waals surface area contributed by atoms with Gasteiger partial charge in [-0.1, -0.05) is 66.7 Å². The maximum Gasteiger partial charge on any atom is 0.165 e. The smallest absolute Gasteiger partial charge is 0.165 e.